The number of carbonyl (C=O) groups is 2. The zero-order valence-electron chi connectivity index (χ0n) is 15.8. The number of piperidine rings is 3. The van der Waals surface area contributed by atoms with Gasteiger partial charge in [-0.15, -0.1) is 0 Å². The summed E-state index contributed by atoms with van der Waals surface area (Å²) in [5, 5.41) is 2.94. The Morgan fingerprint density at radius 1 is 1.30 bits per heavy atom. The second-order valence-electron chi connectivity index (χ2n) is 8.24. The van der Waals surface area contributed by atoms with Crippen molar-refractivity contribution in [2.45, 2.75) is 51.2 Å². The Balaban J connectivity index is 1.56. The summed E-state index contributed by atoms with van der Waals surface area (Å²) in [6, 6.07) is 4.06. The van der Waals surface area contributed by atoms with Crippen LogP contribution in [0.3, 0.4) is 0 Å². The molecule has 146 valence electrons. The topological polar surface area (TPSA) is 85.5 Å². The van der Waals surface area contributed by atoms with Gasteiger partial charge in [0.15, 0.2) is 0 Å². The average molecular weight is 372 g/mol. The predicted octanol–water partition coefficient (Wildman–Crippen LogP) is 0.712. The Morgan fingerprint density at radius 2 is 2.11 bits per heavy atom. The molecule has 0 aromatic carbocycles. The zero-order valence-corrected chi connectivity index (χ0v) is 15.8. The third-order valence-electron chi connectivity index (χ3n) is 6.43. The number of hydrogen-bond acceptors (Lipinski definition) is 4. The van der Waals surface area contributed by atoms with Crippen LogP contribution in [0.15, 0.2) is 23.1 Å². The van der Waals surface area contributed by atoms with Crippen LogP contribution in [0, 0.1) is 11.8 Å². The zero-order chi connectivity index (χ0) is 19.0. The van der Waals surface area contributed by atoms with Gasteiger partial charge in [-0.1, -0.05) is 6.07 Å². The number of pyridine rings is 1. The van der Waals surface area contributed by atoms with Gasteiger partial charge in [0, 0.05) is 57.3 Å². The molecule has 3 aliphatic heterocycles. The molecular formula is C20H28N4O3. The summed E-state index contributed by atoms with van der Waals surface area (Å²) >= 11 is 0. The van der Waals surface area contributed by atoms with E-state index in [2.05, 4.69) is 20.1 Å². The quantitative estimate of drug-likeness (QED) is 0.815. The lowest BCUT2D eigenvalue weighted by molar-refractivity contribution is -0.153. The fraction of sp³-hybridized carbons (Fsp3) is 0.650. The maximum Gasteiger partial charge on any atom is 0.252 e. The Morgan fingerprint density at radius 3 is 2.89 bits per heavy atom. The van der Waals surface area contributed by atoms with Gasteiger partial charge >= 0.3 is 0 Å². The molecule has 2 bridgehead atoms. The molecule has 7 heteroatoms. The normalized spacial score (nSPS) is 30.7. The van der Waals surface area contributed by atoms with Crippen molar-refractivity contribution in [3.8, 4) is 0 Å². The number of nitrogens with zero attached hydrogens (tertiary/aromatic N) is 2. The van der Waals surface area contributed by atoms with Crippen molar-refractivity contribution in [3.63, 3.8) is 0 Å². The van der Waals surface area contributed by atoms with E-state index in [9.17, 15) is 14.4 Å². The van der Waals surface area contributed by atoms with Crippen LogP contribution in [-0.2, 0) is 16.1 Å². The maximum atomic E-state index is 12.7. The first-order valence-corrected chi connectivity index (χ1v) is 9.97. The third-order valence-corrected chi connectivity index (χ3v) is 6.43. The van der Waals surface area contributed by atoms with Crippen molar-refractivity contribution >= 4 is 11.8 Å². The van der Waals surface area contributed by atoms with E-state index in [-0.39, 0.29) is 29.5 Å². The molecule has 4 atom stereocenters. The smallest absolute Gasteiger partial charge is 0.252 e. The Bertz CT molecular complexity index is 776. The minimum atomic E-state index is -0.0541. The predicted molar refractivity (Wildman–Crippen MR) is 101 cm³/mol. The van der Waals surface area contributed by atoms with Crippen molar-refractivity contribution in [3.05, 3.63) is 34.2 Å². The maximum absolute atomic E-state index is 12.7. The first-order valence-electron chi connectivity index (χ1n) is 9.97. The molecule has 0 aliphatic carbocycles. The van der Waals surface area contributed by atoms with Gasteiger partial charge in [-0.05, 0) is 37.2 Å². The van der Waals surface area contributed by atoms with Crippen molar-refractivity contribution in [1.29, 1.82) is 0 Å². The van der Waals surface area contributed by atoms with Gasteiger partial charge in [0.1, 0.15) is 0 Å². The average Bonchev–Trinajstić information content (AvgIpc) is 2.64. The van der Waals surface area contributed by atoms with Crippen LogP contribution in [0.5, 0.6) is 0 Å². The minimum absolute atomic E-state index is 0.0301. The van der Waals surface area contributed by atoms with E-state index in [0.717, 1.165) is 37.9 Å². The van der Waals surface area contributed by atoms with Crippen LogP contribution in [0.25, 0.3) is 0 Å². The Kier molecular flexibility index (Phi) is 5.04. The molecule has 4 rings (SSSR count). The molecule has 0 spiro atoms. The second-order valence-corrected chi connectivity index (χ2v) is 8.24. The number of rotatable bonds is 4. The third kappa shape index (κ3) is 3.65. The molecule has 1 aromatic rings. The number of amides is 2. The summed E-state index contributed by atoms with van der Waals surface area (Å²) in [5.41, 5.74) is 0.755. The number of H-pyrrole nitrogens is 1. The van der Waals surface area contributed by atoms with Gasteiger partial charge in [-0.25, -0.2) is 0 Å². The van der Waals surface area contributed by atoms with E-state index in [0.29, 0.717) is 31.3 Å². The van der Waals surface area contributed by atoms with Gasteiger partial charge in [-0.2, -0.15) is 0 Å². The number of fused-ring (bicyclic) bond motifs is 4. The standard InChI is InChI=1S/C20H28N4O3/c1-13(25)22-9-18-16-8-15(17-5-2-6-19(26)24(17)18)11-23(12-16)10-14-4-3-7-21-20(14)27/h3-4,7,15-18H,2,5-6,8-12H2,1H3,(H,21,27)(H,22,25)/t15-,16+,17+,18+/m1/s1. The molecule has 3 saturated heterocycles. The Hall–Kier alpha value is -2.15. The number of nitrogens with one attached hydrogen (secondary N) is 2. The molecule has 4 heterocycles. The summed E-state index contributed by atoms with van der Waals surface area (Å²) < 4.78 is 0. The largest absolute Gasteiger partial charge is 0.354 e. The van der Waals surface area contributed by atoms with Crippen LogP contribution in [0.4, 0.5) is 0 Å². The highest BCUT2D eigenvalue weighted by Gasteiger charge is 2.49. The number of aromatic nitrogens is 1. The molecule has 0 unspecified atom stereocenters. The van der Waals surface area contributed by atoms with Gasteiger partial charge in [0.2, 0.25) is 11.8 Å². The van der Waals surface area contributed by atoms with Gasteiger partial charge in [0.05, 0.1) is 6.04 Å². The van der Waals surface area contributed by atoms with Crippen molar-refractivity contribution < 1.29 is 9.59 Å². The molecule has 1 aromatic heterocycles. The first-order chi connectivity index (χ1) is 13.0. The van der Waals surface area contributed by atoms with Crippen LogP contribution in [-0.4, -0.2) is 58.3 Å². The SMILES string of the molecule is CC(=O)NC[C@H]1[C@H]2C[C@H](CN(Cc3ccc[nH]c3=O)C2)[C@@H]2CCCC(=O)N21. The minimum Gasteiger partial charge on any atom is -0.354 e. The molecule has 0 saturated carbocycles. The monoisotopic (exact) mass is 372 g/mol. The molecule has 7 nitrogen and oxygen atoms in total. The van der Waals surface area contributed by atoms with Crippen molar-refractivity contribution in [1.82, 2.24) is 20.1 Å². The van der Waals surface area contributed by atoms with Crippen LogP contribution < -0.4 is 10.9 Å². The van der Waals surface area contributed by atoms with Gasteiger partial charge in [-0.3, -0.25) is 19.3 Å². The van der Waals surface area contributed by atoms with Crippen LogP contribution in [0.1, 0.15) is 38.2 Å². The molecule has 27 heavy (non-hydrogen) atoms. The van der Waals surface area contributed by atoms with Crippen molar-refractivity contribution in [2.24, 2.45) is 11.8 Å². The lowest BCUT2D eigenvalue weighted by Gasteiger charge is -2.56. The number of carbonyl (C=O) groups excluding carboxylic acids is 2. The number of aromatic amines is 1. The van der Waals surface area contributed by atoms with E-state index in [1.165, 1.54) is 6.92 Å². The summed E-state index contributed by atoms with van der Waals surface area (Å²) in [6.45, 7) is 4.46. The van der Waals surface area contributed by atoms with Crippen LogP contribution in [0.2, 0.25) is 0 Å². The highest BCUT2D eigenvalue weighted by Crippen LogP contribution is 2.41. The lowest BCUT2D eigenvalue weighted by atomic mass is 9.72. The highest BCUT2D eigenvalue weighted by atomic mass is 16.2. The van der Waals surface area contributed by atoms with Gasteiger partial charge in [0.25, 0.3) is 5.56 Å². The molecule has 0 radical (unpaired) electrons. The lowest BCUT2D eigenvalue weighted by Crippen LogP contribution is -2.67. The second kappa shape index (κ2) is 7.46. The molecule has 2 N–H and O–H groups in total. The first kappa shape index (κ1) is 18.2. The number of likely N-dealkylation sites (tertiary alicyclic amines) is 1. The molecule has 3 aliphatic rings. The summed E-state index contributed by atoms with van der Waals surface area (Å²) in [6.07, 6.45) is 5.37. The van der Waals surface area contributed by atoms with Crippen molar-refractivity contribution in [2.75, 3.05) is 19.6 Å². The molecule has 3 fully saturated rings. The Labute approximate surface area is 159 Å². The summed E-state index contributed by atoms with van der Waals surface area (Å²) in [7, 11) is 0. The molecule has 2 amide bonds. The summed E-state index contributed by atoms with van der Waals surface area (Å²) in [5.74, 6) is 0.965. The number of hydrogen-bond donors (Lipinski definition) is 2. The van der Waals surface area contributed by atoms with E-state index in [1.807, 2.05) is 12.1 Å². The van der Waals surface area contributed by atoms with E-state index in [4.69, 9.17) is 0 Å². The molecular weight excluding hydrogens is 344 g/mol. The fourth-order valence-corrected chi connectivity index (χ4v) is 5.33. The summed E-state index contributed by atoms with van der Waals surface area (Å²) in [4.78, 5) is 43.5. The van der Waals surface area contributed by atoms with E-state index < -0.39 is 0 Å². The fourth-order valence-electron chi connectivity index (χ4n) is 5.33. The highest BCUT2D eigenvalue weighted by molar-refractivity contribution is 5.78. The van der Waals surface area contributed by atoms with Crippen LogP contribution >= 0.6 is 0 Å². The van der Waals surface area contributed by atoms with E-state index in [1.54, 1.807) is 6.20 Å². The van der Waals surface area contributed by atoms with Gasteiger partial charge < -0.3 is 15.2 Å². The van der Waals surface area contributed by atoms with E-state index >= 15 is 0 Å².